The Morgan fingerprint density at radius 1 is 0.767 bits per heavy atom. The number of anilines is 2. The quantitative estimate of drug-likeness (QED) is 0.109. The molecule has 13 heteroatoms. The number of aliphatic hydroxyl groups excluding tert-OH is 1. The number of amides is 4. The largest absolute Gasteiger partial charge is 0.465 e. The van der Waals surface area contributed by atoms with Gasteiger partial charge in [-0.3, -0.25) is 0 Å². The molecule has 0 fully saturated rings. The van der Waals surface area contributed by atoms with Crippen LogP contribution >= 0.6 is 0 Å². The van der Waals surface area contributed by atoms with Gasteiger partial charge in [0.15, 0.2) is 0 Å². The van der Waals surface area contributed by atoms with Crippen molar-refractivity contribution in [2.75, 3.05) is 30.3 Å². The fourth-order valence-electron chi connectivity index (χ4n) is 4.77. The third-order valence-corrected chi connectivity index (χ3v) is 6.66. The highest BCUT2D eigenvalue weighted by molar-refractivity contribution is 5.93. The minimum Gasteiger partial charge on any atom is -0.465 e. The predicted octanol–water partition coefficient (Wildman–Crippen LogP) is 3.30. The molecule has 0 unspecified atom stereocenters. The van der Waals surface area contributed by atoms with Gasteiger partial charge in [-0.1, -0.05) is 91.0 Å². The second kappa shape index (κ2) is 14.4. The average Bonchev–Trinajstić information content (AvgIpc) is 3.38. The molecule has 43 heavy (non-hydrogen) atoms. The number of rotatable bonds is 13. The molecule has 4 aromatic rings. The molecule has 0 aliphatic rings. The van der Waals surface area contributed by atoms with Crippen LogP contribution in [0, 0.1) is 0 Å². The van der Waals surface area contributed by atoms with E-state index in [1.807, 2.05) is 91.0 Å². The van der Waals surface area contributed by atoms with Crippen molar-refractivity contribution in [1.29, 1.82) is 0 Å². The van der Waals surface area contributed by atoms with Crippen molar-refractivity contribution in [3.05, 3.63) is 114 Å². The highest BCUT2D eigenvalue weighted by atomic mass is 16.4. The first-order valence-electron chi connectivity index (χ1n) is 13.5. The highest BCUT2D eigenvalue weighted by Gasteiger charge is 2.38. The van der Waals surface area contributed by atoms with E-state index >= 15 is 0 Å². The molecule has 1 heterocycles. The second-order valence-electron chi connectivity index (χ2n) is 9.49. The summed E-state index contributed by atoms with van der Waals surface area (Å²) in [5, 5.41) is 45.4. The van der Waals surface area contributed by atoms with E-state index in [2.05, 4.69) is 31.7 Å². The van der Waals surface area contributed by atoms with Crippen LogP contribution in [0.15, 0.2) is 97.2 Å². The molecule has 4 rings (SSSR count). The number of carbonyl (C=O) groups excluding carboxylic acids is 1. The van der Waals surface area contributed by atoms with Crippen molar-refractivity contribution in [3.8, 4) is 0 Å². The van der Waals surface area contributed by atoms with E-state index in [-0.39, 0.29) is 31.9 Å². The van der Waals surface area contributed by atoms with Gasteiger partial charge in [0.1, 0.15) is 17.0 Å². The van der Waals surface area contributed by atoms with Gasteiger partial charge in [0.2, 0.25) is 0 Å². The van der Waals surface area contributed by atoms with Crippen LogP contribution < -0.4 is 26.6 Å². The van der Waals surface area contributed by atoms with E-state index in [1.54, 1.807) is 0 Å². The van der Waals surface area contributed by atoms with Crippen LogP contribution in [0.5, 0.6) is 0 Å². The minimum atomic E-state index is -1.32. The molecule has 0 spiro atoms. The van der Waals surface area contributed by atoms with Gasteiger partial charge in [0.05, 0.1) is 25.4 Å². The Morgan fingerprint density at radius 3 is 1.65 bits per heavy atom. The molecule has 0 atom stereocenters. The summed E-state index contributed by atoms with van der Waals surface area (Å²) in [6.07, 6.45) is -1.21. The summed E-state index contributed by atoms with van der Waals surface area (Å²) >= 11 is 0. The molecule has 1 aromatic heterocycles. The molecule has 0 bridgehead atoms. The Bertz CT molecular complexity index is 1380. The van der Waals surface area contributed by atoms with Crippen LogP contribution in [-0.4, -0.2) is 69.1 Å². The zero-order valence-corrected chi connectivity index (χ0v) is 23.1. The molecule has 8 N–H and O–H groups in total. The molecule has 0 saturated heterocycles. The zero-order valence-electron chi connectivity index (χ0n) is 23.1. The first-order chi connectivity index (χ1) is 20.8. The molecule has 13 nitrogen and oxygen atoms in total. The second-order valence-corrected chi connectivity index (χ2v) is 9.49. The van der Waals surface area contributed by atoms with Gasteiger partial charge in [-0.05, 0) is 16.7 Å². The Morgan fingerprint density at radius 2 is 1.23 bits per heavy atom. The van der Waals surface area contributed by atoms with Crippen LogP contribution in [0.4, 0.5) is 25.9 Å². The number of nitrogens with one attached hydrogen (secondary N) is 5. The minimum absolute atomic E-state index is 0.119. The van der Waals surface area contributed by atoms with Crippen molar-refractivity contribution in [2.24, 2.45) is 0 Å². The van der Waals surface area contributed by atoms with Gasteiger partial charge in [0.25, 0.3) is 0 Å². The average molecular weight is 588 g/mol. The van der Waals surface area contributed by atoms with Crippen molar-refractivity contribution >= 4 is 29.7 Å². The molecule has 0 aliphatic carbocycles. The lowest BCUT2D eigenvalue weighted by atomic mass is 9.77. The monoisotopic (exact) mass is 587 g/mol. The lowest BCUT2D eigenvalue weighted by molar-refractivity contribution is 0.190. The van der Waals surface area contributed by atoms with Crippen LogP contribution in [0.2, 0.25) is 0 Å². The van der Waals surface area contributed by atoms with Gasteiger partial charge in [0, 0.05) is 13.1 Å². The van der Waals surface area contributed by atoms with Crippen LogP contribution in [-0.2, 0) is 12.1 Å². The fourth-order valence-corrected chi connectivity index (χ4v) is 4.77. The molecule has 0 saturated carbocycles. The maximum atomic E-state index is 13.1. The standard InChI is InChI=1S/C30H33N7O6/c38-17-16-37-26(25(20-33-37)35-27(39)34-24(18-31-28(40)41)19-32-29(42)43)36-30(21-10-4-1-5-11-21,22-12-6-2-7-13-22)23-14-8-3-9-15-23/h1-15,20,24,31-32,36,38H,16-19H2,(H,40,41)(H,42,43)(H2,34,35,39). The van der Waals surface area contributed by atoms with E-state index in [4.69, 9.17) is 10.2 Å². The Kier molecular flexibility index (Phi) is 10.2. The summed E-state index contributed by atoms with van der Waals surface area (Å²) < 4.78 is 1.54. The summed E-state index contributed by atoms with van der Waals surface area (Å²) in [6, 6.07) is 27.7. The first-order valence-corrected chi connectivity index (χ1v) is 13.5. The molecular formula is C30H33N7O6. The summed E-state index contributed by atoms with van der Waals surface area (Å²) in [5.74, 6) is 0.393. The van der Waals surface area contributed by atoms with Crippen LogP contribution in [0.3, 0.4) is 0 Å². The SMILES string of the molecule is O=C(O)NCC(CNC(=O)O)NC(=O)Nc1cnn(CCO)c1NC(c1ccccc1)(c1ccccc1)c1ccccc1. The van der Waals surface area contributed by atoms with Gasteiger partial charge >= 0.3 is 18.2 Å². The zero-order chi connectivity index (χ0) is 30.7. The fraction of sp³-hybridized carbons (Fsp3) is 0.200. The third kappa shape index (κ3) is 7.59. The number of carbonyl (C=O) groups is 3. The van der Waals surface area contributed by atoms with E-state index in [0.29, 0.717) is 5.82 Å². The molecule has 0 radical (unpaired) electrons. The number of urea groups is 1. The van der Waals surface area contributed by atoms with Gasteiger partial charge in [-0.25, -0.2) is 19.1 Å². The predicted molar refractivity (Wildman–Crippen MR) is 160 cm³/mol. The maximum absolute atomic E-state index is 13.1. The summed E-state index contributed by atoms with van der Waals surface area (Å²) in [7, 11) is 0. The van der Waals surface area contributed by atoms with Gasteiger partial charge < -0.3 is 41.9 Å². The van der Waals surface area contributed by atoms with Crippen molar-refractivity contribution in [2.45, 2.75) is 18.1 Å². The Hall–Kier alpha value is -5.56. The topological polar surface area (TPSA) is 190 Å². The van der Waals surface area contributed by atoms with Crippen molar-refractivity contribution in [3.63, 3.8) is 0 Å². The van der Waals surface area contributed by atoms with Crippen molar-refractivity contribution < 1.29 is 29.7 Å². The van der Waals surface area contributed by atoms with Crippen LogP contribution in [0.25, 0.3) is 0 Å². The van der Waals surface area contributed by atoms with E-state index < -0.39 is 29.8 Å². The van der Waals surface area contributed by atoms with Crippen LogP contribution in [0.1, 0.15) is 16.7 Å². The number of carboxylic acid groups (broad SMARTS) is 2. The molecule has 4 amide bonds. The number of hydrogen-bond acceptors (Lipinski definition) is 6. The smallest absolute Gasteiger partial charge is 0.404 e. The Labute approximate surface area is 247 Å². The first kappa shape index (κ1) is 30.4. The summed E-state index contributed by atoms with van der Waals surface area (Å²) in [5.41, 5.74) is 2.01. The number of hydrogen-bond donors (Lipinski definition) is 8. The molecule has 224 valence electrons. The van der Waals surface area contributed by atoms with E-state index in [1.165, 1.54) is 10.9 Å². The summed E-state index contributed by atoms with van der Waals surface area (Å²) in [6.45, 7) is -0.581. The summed E-state index contributed by atoms with van der Waals surface area (Å²) in [4.78, 5) is 35.1. The van der Waals surface area contributed by atoms with Gasteiger partial charge in [-0.2, -0.15) is 5.10 Å². The third-order valence-electron chi connectivity index (χ3n) is 6.66. The number of aromatic nitrogens is 2. The lowest BCUT2D eigenvalue weighted by Gasteiger charge is -2.38. The van der Waals surface area contributed by atoms with Gasteiger partial charge in [-0.15, -0.1) is 0 Å². The van der Waals surface area contributed by atoms with Crippen molar-refractivity contribution in [1.82, 2.24) is 25.7 Å². The van der Waals surface area contributed by atoms with E-state index in [0.717, 1.165) is 16.7 Å². The number of benzene rings is 3. The highest BCUT2D eigenvalue weighted by Crippen LogP contribution is 2.41. The maximum Gasteiger partial charge on any atom is 0.404 e. The Balaban J connectivity index is 1.75. The number of aliphatic hydroxyl groups is 1. The number of nitrogens with zero attached hydrogens (tertiary/aromatic N) is 2. The molecule has 0 aliphatic heterocycles. The molecular weight excluding hydrogens is 554 g/mol. The molecule has 3 aromatic carbocycles. The van der Waals surface area contributed by atoms with E-state index in [9.17, 15) is 19.5 Å². The lowest BCUT2D eigenvalue weighted by Crippen LogP contribution is -2.50. The normalized spacial score (nSPS) is 11.0.